The molecule has 1 aromatic carbocycles. The zero-order valence-electron chi connectivity index (χ0n) is 13.8. The number of hydrogen-bond donors (Lipinski definition) is 2. The summed E-state index contributed by atoms with van der Waals surface area (Å²) >= 11 is 0. The van der Waals surface area contributed by atoms with Gasteiger partial charge in [-0.25, -0.2) is 4.98 Å². The highest BCUT2D eigenvalue weighted by Crippen LogP contribution is 2.31. The van der Waals surface area contributed by atoms with Crippen molar-refractivity contribution >= 4 is 22.4 Å². The number of carbonyl (C=O) groups is 1. The number of rotatable bonds is 4. The third kappa shape index (κ3) is 2.93. The number of nitrogen functional groups attached to an aromatic ring is 1. The molecule has 3 rings (SSSR count). The Morgan fingerprint density at radius 2 is 1.96 bits per heavy atom. The van der Waals surface area contributed by atoms with E-state index in [2.05, 4.69) is 15.3 Å². The second-order valence-electron chi connectivity index (χ2n) is 5.71. The normalized spacial score (nSPS) is 10.8. The van der Waals surface area contributed by atoms with Gasteiger partial charge in [0.25, 0.3) is 5.91 Å². The van der Waals surface area contributed by atoms with E-state index >= 15 is 0 Å². The van der Waals surface area contributed by atoms with Crippen LogP contribution in [0, 0.1) is 6.92 Å². The summed E-state index contributed by atoms with van der Waals surface area (Å²) in [6, 6.07) is 11.7. The third-order valence-electron chi connectivity index (χ3n) is 3.89. The Labute approximate surface area is 140 Å². The van der Waals surface area contributed by atoms with Gasteiger partial charge in [0.2, 0.25) is 0 Å². The predicted molar refractivity (Wildman–Crippen MR) is 96.7 cm³/mol. The summed E-state index contributed by atoms with van der Waals surface area (Å²) in [5, 5.41) is 4.52. The third-order valence-corrected chi connectivity index (χ3v) is 3.89. The van der Waals surface area contributed by atoms with Gasteiger partial charge < -0.3 is 11.1 Å². The van der Waals surface area contributed by atoms with Crippen molar-refractivity contribution < 1.29 is 4.79 Å². The lowest BCUT2D eigenvalue weighted by atomic mass is 10.0. The Morgan fingerprint density at radius 3 is 2.71 bits per heavy atom. The van der Waals surface area contributed by atoms with E-state index in [1.54, 1.807) is 6.20 Å². The van der Waals surface area contributed by atoms with Crippen LogP contribution in [-0.4, -0.2) is 22.4 Å². The van der Waals surface area contributed by atoms with E-state index in [1.165, 1.54) is 0 Å². The van der Waals surface area contributed by atoms with Gasteiger partial charge in [-0.15, -0.1) is 0 Å². The van der Waals surface area contributed by atoms with Crippen molar-refractivity contribution in [3.8, 4) is 11.3 Å². The molecule has 0 saturated heterocycles. The monoisotopic (exact) mass is 320 g/mol. The van der Waals surface area contributed by atoms with Gasteiger partial charge >= 0.3 is 0 Å². The van der Waals surface area contributed by atoms with Gasteiger partial charge in [-0.05, 0) is 25.5 Å². The first-order chi connectivity index (χ1) is 11.6. The second-order valence-corrected chi connectivity index (χ2v) is 5.71. The maximum atomic E-state index is 12.2. The highest BCUT2D eigenvalue weighted by Gasteiger charge is 2.15. The number of aryl methyl sites for hydroxylation is 1. The highest BCUT2D eigenvalue weighted by atomic mass is 16.1. The molecule has 0 fully saturated rings. The molecule has 0 aliphatic rings. The molecule has 5 heteroatoms. The molecule has 5 nitrogen and oxygen atoms in total. The fraction of sp³-hybridized carbons (Fsp3) is 0.211. The Hall–Kier alpha value is -2.95. The van der Waals surface area contributed by atoms with Crippen LogP contribution >= 0.6 is 0 Å². The van der Waals surface area contributed by atoms with E-state index < -0.39 is 0 Å². The molecule has 3 N–H and O–H groups in total. The number of fused-ring (bicyclic) bond motifs is 1. The number of pyridine rings is 2. The Kier molecular flexibility index (Phi) is 4.42. The molecule has 2 aromatic heterocycles. The van der Waals surface area contributed by atoms with Crippen molar-refractivity contribution in [1.29, 1.82) is 0 Å². The number of carbonyl (C=O) groups excluding carboxylic acids is 1. The standard InChI is InChI=1S/C19H20N4O/c1-3-10-21-19(24)18-17(20)14-8-5-7-13(15(14)11-22-18)16-9-4-6-12(2)23-16/h4-9,11H,3,10,20H2,1-2H3,(H,21,24). The quantitative estimate of drug-likeness (QED) is 0.772. The summed E-state index contributed by atoms with van der Waals surface area (Å²) < 4.78 is 0. The molecule has 3 aromatic rings. The summed E-state index contributed by atoms with van der Waals surface area (Å²) in [6.07, 6.45) is 2.56. The smallest absolute Gasteiger partial charge is 0.272 e. The van der Waals surface area contributed by atoms with Crippen LogP contribution in [0.2, 0.25) is 0 Å². The van der Waals surface area contributed by atoms with Crippen molar-refractivity contribution in [2.24, 2.45) is 0 Å². The van der Waals surface area contributed by atoms with E-state index in [1.807, 2.05) is 50.2 Å². The van der Waals surface area contributed by atoms with Crippen LogP contribution in [0.15, 0.2) is 42.6 Å². The van der Waals surface area contributed by atoms with Gasteiger partial charge in [-0.3, -0.25) is 9.78 Å². The molecule has 0 bridgehead atoms. The molecular formula is C19H20N4O. The van der Waals surface area contributed by atoms with E-state index in [-0.39, 0.29) is 11.6 Å². The van der Waals surface area contributed by atoms with Crippen molar-refractivity contribution in [3.63, 3.8) is 0 Å². The molecule has 0 unspecified atom stereocenters. The van der Waals surface area contributed by atoms with Crippen LogP contribution in [0.25, 0.3) is 22.0 Å². The van der Waals surface area contributed by atoms with Gasteiger partial charge in [0.1, 0.15) is 0 Å². The van der Waals surface area contributed by atoms with E-state index in [0.717, 1.165) is 34.1 Å². The van der Waals surface area contributed by atoms with Crippen LogP contribution in [0.5, 0.6) is 0 Å². The number of nitrogens with one attached hydrogen (secondary N) is 1. The summed E-state index contributed by atoms with van der Waals surface area (Å²) in [5.41, 5.74) is 9.66. The number of nitrogens with zero attached hydrogens (tertiary/aromatic N) is 2. The fourth-order valence-electron chi connectivity index (χ4n) is 2.68. The molecule has 2 heterocycles. The summed E-state index contributed by atoms with van der Waals surface area (Å²) in [6.45, 7) is 4.56. The van der Waals surface area contributed by atoms with Crippen molar-refractivity contribution in [3.05, 3.63) is 54.0 Å². The molecule has 0 aliphatic carbocycles. The summed E-state index contributed by atoms with van der Waals surface area (Å²) in [4.78, 5) is 21.1. The van der Waals surface area contributed by atoms with Crippen LogP contribution in [0.4, 0.5) is 5.69 Å². The van der Waals surface area contributed by atoms with Crippen molar-refractivity contribution in [2.75, 3.05) is 12.3 Å². The minimum atomic E-state index is -0.240. The number of amides is 1. The average Bonchev–Trinajstić information content (AvgIpc) is 2.59. The molecule has 1 amide bonds. The second kappa shape index (κ2) is 6.66. The first kappa shape index (κ1) is 15.9. The van der Waals surface area contributed by atoms with Gasteiger partial charge in [-0.1, -0.05) is 31.2 Å². The molecule has 0 radical (unpaired) electrons. The Balaban J connectivity index is 2.12. The number of nitrogens with two attached hydrogens (primary N) is 1. The first-order valence-electron chi connectivity index (χ1n) is 8.01. The van der Waals surface area contributed by atoms with E-state index in [0.29, 0.717) is 12.2 Å². The Bertz CT molecular complexity index is 905. The molecule has 0 spiro atoms. The summed E-state index contributed by atoms with van der Waals surface area (Å²) in [5.74, 6) is -0.240. The molecule has 24 heavy (non-hydrogen) atoms. The number of aromatic nitrogens is 2. The molecule has 122 valence electrons. The maximum Gasteiger partial charge on any atom is 0.272 e. The molecular weight excluding hydrogens is 300 g/mol. The highest BCUT2D eigenvalue weighted by molar-refractivity contribution is 6.08. The molecule has 0 aliphatic heterocycles. The number of benzene rings is 1. The van der Waals surface area contributed by atoms with Crippen molar-refractivity contribution in [1.82, 2.24) is 15.3 Å². The van der Waals surface area contributed by atoms with Gasteiger partial charge in [0, 0.05) is 34.8 Å². The molecule has 0 saturated carbocycles. The van der Waals surface area contributed by atoms with Gasteiger partial charge in [0.15, 0.2) is 5.69 Å². The van der Waals surface area contributed by atoms with Crippen molar-refractivity contribution in [2.45, 2.75) is 20.3 Å². The minimum Gasteiger partial charge on any atom is -0.396 e. The zero-order valence-corrected chi connectivity index (χ0v) is 13.8. The average molecular weight is 320 g/mol. The lowest BCUT2D eigenvalue weighted by Gasteiger charge is -2.11. The first-order valence-corrected chi connectivity index (χ1v) is 8.01. The maximum absolute atomic E-state index is 12.2. The van der Waals surface area contributed by atoms with Crippen LogP contribution in [-0.2, 0) is 0 Å². The van der Waals surface area contributed by atoms with E-state index in [9.17, 15) is 4.79 Å². The van der Waals surface area contributed by atoms with Gasteiger partial charge in [0.05, 0.1) is 11.4 Å². The Morgan fingerprint density at radius 1 is 1.17 bits per heavy atom. The lowest BCUT2D eigenvalue weighted by molar-refractivity contribution is 0.0950. The lowest BCUT2D eigenvalue weighted by Crippen LogP contribution is -2.26. The zero-order chi connectivity index (χ0) is 17.1. The summed E-state index contributed by atoms with van der Waals surface area (Å²) in [7, 11) is 0. The van der Waals surface area contributed by atoms with Crippen LogP contribution in [0.1, 0.15) is 29.5 Å². The largest absolute Gasteiger partial charge is 0.396 e. The fourth-order valence-corrected chi connectivity index (χ4v) is 2.68. The topological polar surface area (TPSA) is 80.9 Å². The van der Waals surface area contributed by atoms with Gasteiger partial charge in [-0.2, -0.15) is 0 Å². The number of hydrogen-bond acceptors (Lipinski definition) is 4. The van der Waals surface area contributed by atoms with Crippen LogP contribution in [0.3, 0.4) is 0 Å². The SMILES string of the molecule is CCCNC(=O)c1ncc2c(-c3cccc(C)n3)cccc2c1N. The molecule has 0 atom stereocenters. The number of anilines is 1. The van der Waals surface area contributed by atoms with E-state index in [4.69, 9.17) is 5.73 Å². The minimum absolute atomic E-state index is 0.240. The van der Waals surface area contributed by atoms with Crippen LogP contribution < -0.4 is 11.1 Å². The predicted octanol–water partition coefficient (Wildman–Crippen LogP) is 3.33.